The molecule has 0 unspecified atom stereocenters. The van der Waals surface area contributed by atoms with Crippen molar-refractivity contribution in [2.75, 3.05) is 25.0 Å². The van der Waals surface area contributed by atoms with Crippen LogP contribution < -0.4 is 10.6 Å². The maximum atomic E-state index is 4.36. The Bertz CT molecular complexity index is 534. The molecular weight excluding hydrogens is 260 g/mol. The molecule has 0 bridgehead atoms. The van der Waals surface area contributed by atoms with Crippen LogP contribution in [0.5, 0.6) is 0 Å². The summed E-state index contributed by atoms with van der Waals surface area (Å²) >= 11 is 0. The average molecular weight is 284 g/mol. The minimum absolute atomic E-state index is 0.517. The summed E-state index contributed by atoms with van der Waals surface area (Å²) in [7, 11) is 0. The molecule has 0 aliphatic heterocycles. The van der Waals surface area contributed by atoms with Gasteiger partial charge in [-0.3, -0.25) is 0 Å². The number of hydrogen-bond acceptors (Lipinski definition) is 4. The molecule has 1 heterocycles. The van der Waals surface area contributed by atoms with E-state index in [2.05, 4.69) is 57.9 Å². The molecule has 2 aromatic rings. The van der Waals surface area contributed by atoms with Gasteiger partial charge in [0.05, 0.1) is 0 Å². The Kier molecular flexibility index (Phi) is 5.69. The van der Waals surface area contributed by atoms with Gasteiger partial charge in [0.1, 0.15) is 0 Å². The smallest absolute Gasteiger partial charge is 0.223 e. The van der Waals surface area contributed by atoms with Crippen molar-refractivity contribution in [1.29, 1.82) is 0 Å². The van der Waals surface area contributed by atoms with Crippen LogP contribution in [0.4, 0.5) is 5.95 Å². The lowest BCUT2D eigenvalue weighted by Gasteiger charge is -2.13. The highest BCUT2D eigenvalue weighted by atomic mass is 15.1. The fourth-order valence-corrected chi connectivity index (χ4v) is 2.29. The normalized spacial score (nSPS) is 12.1. The zero-order valence-corrected chi connectivity index (χ0v) is 13.1. The monoisotopic (exact) mass is 284 g/mol. The van der Waals surface area contributed by atoms with Crippen LogP contribution in [-0.4, -0.2) is 29.6 Å². The molecule has 0 radical (unpaired) electrons. The van der Waals surface area contributed by atoms with Crippen molar-refractivity contribution in [3.8, 4) is 0 Å². The van der Waals surface area contributed by atoms with E-state index in [1.165, 1.54) is 5.56 Å². The highest BCUT2D eigenvalue weighted by molar-refractivity contribution is 5.27. The van der Waals surface area contributed by atoms with Crippen molar-refractivity contribution in [1.82, 2.24) is 15.3 Å². The van der Waals surface area contributed by atoms with E-state index in [1.54, 1.807) is 0 Å². The highest BCUT2D eigenvalue weighted by Crippen LogP contribution is 2.12. The predicted octanol–water partition coefficient (Wildman–Crippen LogP) is 2.90. The van der Waals surface area contributed by atoms with E-state index in [4.69, 9.17) is 0 Å². The van der Waals surface area contributed by atoms with Gasteiger partial charge in [-0.2, -0.15) is 0 Å². The van der Waals surface area contributed by atoms with Crippen molar-refractivity contribution in [2.24, 2.45) is 0 Å². The van der Waals surface area contributed by atoms with Gasteiger partial charge < -0.3 is 10.6 Å². The molecule has 2 rings (SSSR count). The van der Waals surface area contributed by atoms with Gasteiger partial charge in [-0.1, -0.05) is 37.3 Å². The first-order chi connectivity index (χ1) is 10.1. The molecule has 1 aromatic carbocycles. The number of hydrogen-bond donors (Lipinski definition) is 2. The van der Waals surface area contributed by atoms with Gasteiger partial charge in [-0.15, -0.1) is 0 Å². The van der Waals surface area contributed by atoms with Gasteiger partial charge in [0.15, 0.2) is 0 Å². The zero-order chi connectivity index (χ0) is 15.1. The van der Waals surface area contributed by atoms with Crippen LogP contribution in [0.1, 0.15) is 29.8 Å². The third-order valence-electron chi connectivity index (χ3n) is 3.39. The molecule has 1 atom stereocenters. The molecule has 0 aliphatic rings. The summed E-state index contributed by atoms with van der Waals surface area (Å²) in [6, 6.07) is 12.6. The zero-order valence-electron chi connectivity index (χ0n) is 13.1. The Morgan fingerprint density at radius 1 is 1.00 bits per heavy atom. The molecule has 0 fully saturated rings. The van der Waals surface area contributed by atoms with Gasteiger partial charge in [0.2, 0.25) is 5.95 Å². The Morgan fingerprint density at radius 3 is 2.33 bits per heavy atom. The molecule has 1 aromatic heterocycles. The van der Waals surface area contributed by atoms with Gasteiger partial charge >= 0.3 is 0 Å². The summed E-state index contributed by atoms with van der Waals surface area (Å²) in [5, 5.41) is 6.72. The standard InChI is InChI=1S/C17H24N4/c1-13(16-7-5-4-6-8-16)12-18-9-10-19-17-20-14(2)11-15(3)21-17/h4-8,11,13,18H,9-10,12H2,1-3H3,(H,19,20,21)/t13-/m0/s1. The number of anilines is 1. The summed E-state index contributed by atoms with van der Waals surface area (Å²) in [5.74, 6) is 1.23. The molecule has 0 saturated heterocycles. The number of rotatable bonds is 7. The Hall–Kier alpha value is -1.94. The summed E-state index contributed by atoms with van der Waals surface area (Å²) < 4.78 is 0. The van der Waals surface area contributed by atoms with Crippen LogP contribution in [0.3, 0.4) is 0 Å². The van der Waals surface area contributed by atoms with E-state index >= 15 is 0 Å². The predicted molar refractivity (Wildman–Crippen MR) is 87.7 cm³/mol. The minimum atomic E-state index is 0.517. The van der Waals surface area contributed by atoms with Crippen LogP contribution in [0.25, 0.3) is 0 Å². The van der Waals surface area contributed by atoms with Crippen molar-refractivity contribution < 1.29 is 0 Å². The first-order valence-corrected chi connectivity index (χ1v) is 7.47. The maximum absolute atomic E-state index is 4.36. The Morgan fingerprint density at radius 2 is 1.67 bits per heavy atom. The second-order valence-corrected chi connectivity index (χ2v) is 5.42. The molecule has 0 amide bonds. The molecular formula is C17H24N4. The maximum Gasteiger partial charge on any atom is 0.223 e. The van der Waals surface area contributed by atoms with Crippen molar-refractivity contribution in [3.05, 3.63) is 53.3 Å². The van der Waals surface area contributed by atoms with E-state index in [9.17, 15) is 0 Å². The molecule has 2 N–H and O–H groups in total. The van der Waals surface area contributed by atoms with Crippen molar-refractivity contribution in [2.45, 2.75) is 26.7 Å². The largest absolute Gasteiger partial charge is 0.353 e. The van der Waals surface area contributed by atoms with E-state index < -0.39 is 0 Å². The third kappa shape index (κ3) is 5.16. The first-order valence-electron chi connectivity index (χ1n) is 7.47. The quantitative estimate of drug-likeness (QED) is 0.768. The van der Waals surface area contributed by atoms with Crippen molar-refractivity contribution in [3.63, 3.8) is 0 Å². The summed E-state index contributed by atoms with van der Waals surface area (Å²) in [6.07, 6.45) is 0. The fourth-order valence-electron chi connectivity index (χ4n) is 2.29. The first kappa shape index (κ1) is 15.4. The second kappa shape index (κ2) is 7.74. The number of nitrogens with one attached hydrogen (secondary N) is 2. The van der Waals surface area contributed by atoms with Gasteiger partial charge in [-0.05, 0) is 31.4 Å². The lowest BCUT2D eigenvalue weighted by atomic mass is 10.0. The average Bonchev–Trinajstić information content (AvgIpc) is 2.46. The molecule has 0 saturated carbocycles. The molecule has 21 heavy (non-hydrogen) atoms. The molecule has 0 aliphatic carbocycles. The molecule has 112 valence electrons. The summed E-state index contributed by atoms with van der Waals surface area (Å²) in [6.45, 7) is 8.90. The fraction of sp³-hybridized carbons (Fsp3) is 0.412. The Labute approximate surface area is 127 Å². The third-order valence-corrected chi connectivity index (χ3v) is 3.39. The van der Waals surface area contributed by atoms with Gasteiger partial charge in [-0.25, -0.2) is 9.97 Å². The summed E-state index contributed by atoms with van der Waals surface area (Å²) in [4.78, 5) is 8.73. The van der Waals surface area contributed by atoms with Gasteiger partial charge in [0.25, 0.3) is 0 Å². The van der Waals surface area contributed by atoms with E-state index in [0.717, 1.165) is 31.0 Å². The van der Waals surface area contributed by atoms with E-state index in [-0.39, 0.29) is 0 Å². The Balaban J connectivity index is 1.68. The van der Waals surface area contributed by atoms with E-state index in [0.29, 0.717) is 11.9 Å². The second-order valence-electron chi connectivity index (χ2n) is 5.42. The van der Waals surface area contributed by atoms with Crippen LogP contribution in [-0.2, 0) is 0 Å². The van der Waals surface area contributed by atoms with Crippen molar-refractivity contribution >= 4 is 5.95 Å². The van der Waals surface area contributed by atoms with Crippen LogP contribution in [0, 0.1) is 13.8 Å². The van der Waals surface area contributed by atoms with Gasteiger partial charge in [0, 0.05) is 31.0 Å². The van der Waals surface area contributed by atoms with Crippen LogP contribution in [0.15, 0.2) is 36.4 Å². The number of aromatic nitrogens is 2. The number of benzene rings is 1. The number of aryl methyl sites for hydroxylation is 2. The lowest BCUT2D eigenvalue weighted by Crippen LogP contribution is -2.26. The SMILES string of the molecule is Cc1cc(C)nc(NCCNC[C@H](C)c2ccccc2)n1. The number of nitrogens with zero attached hydrogens (tertiary/aromatic N) is 2. The molecule has 0 spiro atoms. The van der Waals surface area contributed by atoms with Crippen LogP contribution in [0.2, 0.25) is 0 Å². The molecule has 4 heteroatoms. The minimum Gasteiger partial charge on any atom is -0.353 e. The van der Waals surface area contributed by atoms with E-state index in [1.807, 2.05) is 19.9 Å². The lowest BCUT2D eigenvalue weighted by molar-refractivity contribution is 0.625. The van der Waals surface area contributed by atoms with Crippen LogP contribution >= 0.6 is 0 Å². The highest BCUT2D eigenvalue weighted by Gasteiger charge is 2.03. The summed E-state index contributed by atoms with van der Waals surface area (Å²) in [5.41, 5.74) is 3.36. The molecule has 4 nitrogen and oxygen atoms in total. The topological polar surface area (TPSA) is 49.8 Å².